The van der Waals surface area contributed by atoms with Gasteiger partial charge in [0, 0.05) is 23.5 Å². The quantitative estimate of drug-likeness (QED) is 0.0777. The van der Waals surface area contributed by atoms with Crippen molar-refractivity contribution in [1.29, 1.82) is 0 Å². The molecule has 0 fully saturated rings. The van der Waals surface area contributed by atoms with Gasteiger partial charge in [-0.2, -0.15) is 0 Å². The van der Waals surface area contributed by atoms with E-state index in [-0.39, 0.29) is 44.4 Å². The van der Waals surface area contributed by atoms with Crippen LogP contribution in [-0.4, -0.2) is 94.9 Å². The van der Waals surface area contributed by atoms with Gasteiger partial charge in [0.15, 0.2) is 0 Å². The Morgan fingerprint density at radius 3 is 2.06 bits per heavy atom. The molecule has 1 aliphatic heterocycles. The smallest absolute Gasteiger partial charge is 0.326 e. The summed E-state index contributed by atoms with van der Waals surface area (Å²) in [5, 5.41) is 24.2. The molecule has 0 saturated heterocycles. The number of unbranched alkanes of at least 4 members (excludes halogenated alkanes) is 2. The van der Waals surface area contributed by atoms with Crippen molar-refractivity contribution in [3.63, 3.8) is 0 Å². The average molecular weight is 740 g/mol. The van der Waals surface area contributed by atoms with Crippen LogP contribution in [0, 0.1) is 5.92 Å². The first kappa shape index (κ1) is 42.6. The summed E-state index contributed by atoms with van der Waals surface area (Å²) in [6.07, 6.45) is 7.92. The van der Waals surface area contributed by atoms with E-state index < -0.39 is 71.8 Å². The summed E-state index contributed by atoms with van der Waals surface area (Å²) in [5.74, 6) is -4.41. The van der Waals surface area contributed by atoms with Crippen molar-refractivity contribution in [2.45, 2.75) is 114 Å². The molecule has 1 aromatic carbocycles. The molecule has 5 amide bonds. The molecule has 0 spiro atoms. The Morgan fingerprint density at radius 2 is 1.43 bits per heavy atom. The van der Waals surface area contributed by atoms with Gasteiger partial charge in [0.05, 0.1) is 6.04 Å². The lowest BCUT2D eigenvalue weighted by Crippen LogP contribution is -2.59. The van der Waals surface area contributed by atoms with Crippen LogP contribution in [0.5, 0.6) is 0 Å². The zero-order chi connectivity index (χ0) is 38.9. The van der Waals surface area contributed by atoms with Crippen LogP contribution in [0.3, 0.4) is 0 Å². The van der Waals surface area contributed by atoms with Crippen LogP contribution < -0.4 is 43.8 Å². The van der Waals surface area contributed by atoms with Crippen molar-refractivity contribution < 1.29 is 33.9 Å². The fraction of sp³-hybridized carbons (Fsp3) is 0.568. The summed E-state index contributed by atoms with van der Waals surface area (Å²) in [5.41, 5.74) is 19.0. The number of benzene rings is 1. The summed E-state index contributed by atoms with van der Waals surface area (Å²) in [6, 6.07) is 0.767. The number of rotatable bonds is 17. The summed E-state index contributed by atoms with van der Waals surface area (Å²) in [7, 11) is 0. The van der Waals surface area contributed by atoms with Gasteiger partial charge < -0.3 is 53.9 Å². The third-order valence-electron chi connectivity index (χ3n) is 9.11. The molecule has 0 bridgehead atoms. The topological polar surface area (TPSA) is 277 Å². The number of hydrogen-bond acceptors (Lipinski definition) is 9. The molecule has 0 aliphatic carbocycles. The van der Waals surface area contributed by atoms with Gasteiger partial charge in [-0.05, 0) is 88.4 Å². The molecular formula is C37H57N9O7. The fourth-order valence-corrected chi connectivity index (χ4v) is 6.13. The number of carbonyl (C=O) groups is 6. The summed E-state index contributed by atoms with van der Waals surface area (Å²) in [6.45, 7) is 4.45. The highest BCUT2D eigenvalue weighted by molar-refractivity contribution is 5.97. The standard InChI is InChI=1S/C37H57N9O7/c1-22(2)19-31(37(52)53)46-36(51)30(20-23-21-41-26-13-5-3-11-24(23)26)45-35(50)28-14-6-4-12-25(40)32(47)42-27(15-7-9-17-38)33(48)44-29(34(49)43-28)16-8-10-18-39/h3-6,11,13,21-22,25,27-31,41H,7-10,12,14-20,38-40H2,1-2H3,(H,42,47)(H,43,49)(H,44,48)(H,45,50)(H,46,51)(H,52,53)/b6-4+/t25-,27-,28-,29-,30-,31-/m0/s1. The molecule has 13 N–H and O–H groups in total. The number of carboxylic acid groups (broad SMARTS) is 1. The Kier molecular flexibility index (Phi) is 17.4. The van der Waals surface area contributed by atoms with E-state index in [1.165, 1.54) is 0 Å². The second kappa shape index (κ2) is 21.7. The summed E-state index contributed by atoms with van der Waals surface area (Å²) in [4.78, 5) is 83.4. The van der Waals surface area contributed by atoms with Crippen molar-refractivity contribution in [2.75, 3.05) is 13.1 Å². The molecule has 0 saturated carbocycles. The molecule has 0 unspecified atom stereocenters. The lowest BCUT2D eigenvalue weighted by Gasteiger charge is -2.27. The maximum absolute atomic E-state index is 14.1. The highest BCUT2D eigenvalue weighted by atomic mass is 16.4. The number of aliphatic carboxylic acids is 1. The number of hydrogen-bond donors (Lipinski definition) is 10. The van der Waals surface area contributed by atoms with Gasteiger partial charge in [-0.15, -0.1) is 0 Å². The number of aromatic nitrogens is 1. The van der Waals surface area contributed by atoms with Crippen LogP contribution in [0.2, 0.25) is 0 Å². The molecule has 2 heterocycles. The predicted molar refractivity (Wildman–Crippen MR) is 201 cm³/mol. The lowest BCUT2D eigenvalue weighted by molar-refractivity contribution is -0.142. The van der Waals surface area contributed by atoms with E-state index >= 15 is 0 Å². The van der Waals surface area contributed by atoms with E-state index in [0.29, 0.717) is 44.3 Å². The third kappa shape index (κ3) is 13.6. The number of fused-ring (bicyclic) bond motifs is 1. The molecular weight excluding hydrogens is 682 g/mol. The van der Waals surface area contributed by atoms with Crippen LogP contribution >= 0.6 is 0 Å². The second-order valence-corrected chi connectivity index (χ2v) is 14.0. The van der Waals surface area contributed by atoms with Gasteiger partial charge >= 0.3 is 5.97 Å². The van der Waals surface area contributed by atoms with E-state index in [1.54, 1.807) is 18.3 Å². The van der Waals surface area contributed by atoms with Crippen molar-refractivity contribution in [3.05, 3.63) is 48.2 Å². The Morgan fingerprint density at radius 1 is 0.830 bits per heavy atom. The van der Waals surface area contributed by atoms with E-state index in [1.807, 2.05) is 38.1 Å². The molecule has 53 heavy (non-hydrogen) atoms. The lowest BCUT2D eigenvalue weighted by atomic mass is 10.0. The highest BCUT2D eigenvalue weighted by Gasteiger charge is 2.33. The maximum atomic E-state index is 14.1. The average Bonchev–Trinajstić information content (AvgIpc) is 3.53. The minimum absolute atomic E-state index is 0.0133. The van der Waals surface area contributed by atoms with E-state index in [0.717, 1.165) is 10.9 Å². The molecule has 3 rings (SSSR count). The first-order chi connectivity index (χ1) is 25.3. The second-order valence-electron chi connectivity index (χ2n) is 14.0. The largest absolute Gasteiger partial charge is 0.480 e. The Balaban J connectivity index is 1.94. The van der Waals surface area contributed by atoms with E-state index in [9.17, 15) is 33.9 Å². The molecule has 16 heteroatoms. The maximum Gasteiger partial charge on any atom is 0.326 e. The minimum Gasteiger partial charge on any atom is -0.480 e. The summed E-state index contributed by atoms with van der Waals surface area (Å²) >= 11 is 0. The molecule has 1 aromatic heterocycles. The van der Waals surface area contributed by atoms with E-state index in [4.69, 9.17) is 17.2 Å². The summed E-state index contributed by atoms with van der Waals surface area (Å²) < 4.78 is 0. The first-order valence-electron chi connectivity index (χ1n) is 18.4. The normalized spacial score (nSPS) is 21.8. The first-order valence-corrected chi connectivity index (χ1v) is 18.4. The molecule has 1 aliphatic rings. The molecule has 16 nitrogen and oxygen atoms in total. The van der Waals surface area contributed by atoms with Gasteiger partial charge in [0.1, 0.15) is 30.2 Å². The Hall–Kier alpha value is -4.80. The van der Waals surface area contributed by atoms with Gasteiger partial charge in [0.25, 0.3) is 0 Å². The number of carbonyl (C=O) groups excluding carboxylic acids is 5. The molecule has 2 aromatic rings. The minimum atomic E-state index is -1.23. The van der Waals surface area contributed by atoms with E-state index in [2.05, 4.69) is 31.6 Å². The number of carboxylic acids is 1. The number of nitrogens with two attached hydrogens (primary N) is 3. The zero-order valence-electron chi connectivity index (χ0n) is 30.7. The molecule has 6 atom stereocenters. The molecule has 292 valence electrons. The number of amides is 5. The van der Waals surface area contributed by atoms with Crippen molar-refractivity contribution in [3.8, 4) is 0 Å². The monoisotopic (exact) mass is 739 g/mol. The van der Waals surface area contributed by atoms with Crippen LogP contribution in [0.4, 0.5) is 0 Å². The van der Waals surface area contributed by atoms with Crippen molar-refractivity contribution in [2.24, 2.45) is 23.1 Å². The molecule has 0 radical (unpaired) electrons. The SMILES string of the molecule is CC(C)C[C@H](NC(=O)[C@H](Cc1c[nH]c2ccccc12)NC(=O)[C@@H]1C/C=C/C[C@H](N)C(=O)N[C@@H](CCCCN)C(=O)N[C@@H](CCCCN)C(=O)N1)C(=O)O. The van der Waals surface area contributed by atoms with Gasteiger partial charge in [0.2, 0.25) is 29.5 Å². The van der Waals surface area contributed by atoms with Crippen LogP contribution in [0.1, 0.15) is 77.2 Å². The number of para-hydroxylation sites is 1. The van der Waals surface area contributed by atoms with Gasteiger partial charge in [-0.1, -0.05) is 44.2 Å². The van der Waals surface area contributed by atoms with Crippen LogP contribution in [-0.2, 0) is 35.2 Å². The number of H-pyrrole nitrogens is 1. The predicted octanol–water partition coefficient (Wildman–Crippen LogP) is 0.200. The highest BCUT2D eigenvalue weighted by Crippen LogP contribution is 2.20. The van der Waals surface area contributed by atoms with Gasteiger partial charge in [-0.3, -0.25) is 24.0 Å². The van der Waals surface area contributed by atoms with Crippen LogP contribution in [0.15, 0.2) is 42.6 Å². The van der Waals surface area contributed by atoms with Crippen molar-refractivity contribution in [1.82, 2.24) is 31.6 Å². The zero-order valence-corrected chi connectivity index (χ0v) is 30.7. The van der Waals surface area contributed by atoms with Crippen LogP contribution in [0.25, 0.3) is 10.9 Å². The fourth-order valence-electron chi connectivity index (χ4n) is 6.13. The number of aromatic amines is 1. The van der Waals surface area contributed by atoms with Crippen molar-refractivity contribution >= 4 is 46.4 Å². The van der Waals surface area contributed by atoms with Gasteiger partial charge in [-0.25, -0.2) is 4.79 Å². The Bertz CT molecular complexity index is 1580. The Labute approximate surface area is 310 Å². The number of nitrogens with one attached hydrogen (secondary N) is 6. The third-order valence-corrected chi connectivity index (χ3v) is 9.11.